The molecule has 1 aliphatic carbocycles. The molecule has 102 valence electrons. The zero-order valence-electron chi connectivity index (χ0n) is 11.4. The van der Waals surface area contributed by atoms with E-state index in [1.807, 2.05) is 6.20 Å². The molecule has 1 fully saturated rings. The van der Waals surface area contributed by atoms with Gasteiger partial charge in [0.25, 0.3) is 0 Å². The number of aromatic nitrogens is 1. The Kier molecular flexibility index (Phi) is 3.51. The van der Waals surface area contributed by atoms with Crippen molar-refractivity contribution in [3.63, 3.8) is 0 Å². The number of anilines is 1. The molecule has 0 amide bonds. The molecule has 4 nitrogen and oxygen atoms in total. The molecule has 19 heavy (non-hydrogen) atoms. The lowest BCUT2D eigenvalue weighted by atomic mass is 9.92. The lowest BCUT2D eigenvalue weighted by Gasteiger charge is -2.28. The Hall–Kier alpha value is -1.42. The van der Waals surface area contributed by atoms with E-state index in [0.717, 1.165) is 50.2 Å². The van der Waals surface area contributed by atoms with Gasteiger partial charge in [-0.1, -0.05) is 0 Å². The molecular formula is C15H21N3O. The van der Waals surface area contributed by atoms with Gasteiger partial charge in [-0.2, -0.15) is 0 Å². The van der Waals surface area contributed by atoms with Crippen LogP contribution < -0.4 is 5.32 Å². The van der Waals surface area contributed by atoms with Crippen LogP contribution in [0.2, 0.25) is 0 Å². The Morgan fingerprint density at radius 2 is 2.05 bits per heavy atom. The molecule has 0 unspecified atom stereocenters. The van der Waals surface area contributed by atoms with Crippen LogP contribution in [0.5, 0.6) is 0 Å². The summed E-state index contributed by atoms with van der Waals surface area (Å²) in [5.74, 6) is 0.972. The summed E-state index contributed by atoms with van der Waals surface area (Å²) in [5.41, 5.74) is 3.63. The van der Waals surface area contributed by atoms with Gasteiger partial charge < -0.3 is 10.4 Å². The normalized spacial score (nSPS) is 26.5. The molecular weight excluding hydrogens is 238 g/mol. The van der Waals surface area contributed by atoms with E-state index >= 15 is 0 Å². The molecule has 3 rings (SSSR count). The maximum atomic E-state index is 9.56. The van der Waals surface area contributed by atoms with Gasteiger partial charge >= 0.3 is 0 Å². The van der Waals surface area contributed by atoms with Crippen molar-refractivity contribution in [3.05, 3.63) is 23.4 Å². The highest BCUT2D eigenvalue weighted by Gasteiger charge is 2.22. The zero-order valence-corrected chi connectivity index (χ0v) is 11.4. The second-order valence-electron chi connectivity index (χ2n) is 5.56. The van der Waals surface area contributed by atoms with Gasteiger partial charge in [0, 0.05) is 30.1 Å². The molecule has 0 radical (unpaired) electrons. The molecule has 2 heterocycles. The highest BCUT2D eigenvalue weighted by Crippen LogP contribution is 2.26. The molecule has 1 saturated carbocycles. The predicted molar refractivity (Wildman–Crippen MR) is 76.9 cm³/mol. The summed E-state index contributed by atoms with van der Waals surface area (Å²) in [7, 11) is 0. The topological polar surface area (TPSA) is 57.5 Å². The van der Waals surface area contributed by atoms with E-state index in [0.29, 0.717) is 6.04 Å². The highest BCUT2D eigenvalue weighted by atomic mass is 16.3. The largest absolute Gasteiger partial charge is 0.393 e. The van der Waals surface area contributed by atoms with Gasteiger partial charge in [0.05, 0.1) is 6.10 Å². The third kappa shape index (κ3) is 2.63. The highest BCUT2D eigenvalue weighted by molar-refractivity contribution is 6.04. The SMILES string of the molecule is CC1=NCCc2ccnc(NC3CCC(O)CC3)c21. The van der Waals surface area contributed by atoms with E-state index in [2.05, 4.69) is 28.3 Å². The smallest absolute Gasteiger partial charge is 0.135 e. The Bertz CT molecular complexity index is 490. The summed E-state index contributed by atoms with van der Waals surface area (Å²) >= 11 is 0. The average molecular weight is 259 g/mol. The minimum Gasteiger partial charge on any atom is -0.393 e. The Morgan fingerprint density at radius 3 is 2.84 bits per heavy atom. The number of fused-ring (bicyclic) bond motifs is 1. The third-order valence-corrected chi connectivity index (χ3v) is 4.17. The van der Waals surface area contributed by atoms with E-state index in [1.165, 1.54) is 11.1 Å². The number of pyridine rings is 1. The van der Waals surface area contributed by atoms with Gasteiger partial charge in [-0.3, -0.25) is 4.99 Å². The molecule has 0 saturated heterocycles. The van der Waals surface area contributed by atoms with Crippen LogP contribution in [-0.2, 0) is 6.42 Å². The van der Waals surface area contributed by atoms with Crippen molar-refractivity contribution in [1.29, 1.82) is 0 Å². The number of aliphatic hydroxyl groups is 1. The second kappa shape index (κ2) is 5.29. The molecule has 1 aliphatic heterocycles. The molecule has 0 bridgehead atoms. The number of hydrogen-bond acceptors (Lipinski definition) is 4. The van der Waals surface area contributed by atoms with Crippen LogP contribution in [0.4, 0.5) is 5.82 Å². The molecule has 1 aromatic rings. The Morgan fingerprint density at radius 1 is 1.26 bits per heavy atom. The van der Waals surface area contributed by atoms with Gasteiger partial charge in [-0.25, -0.2) is 4.98 Å². The molecule has 2 N–H and O–H groups in total. The van der Waals surface area contributed by atoms with Gasteiger partial charge in [-0.15, -0.1) is 0 Å². The maximum Gasteiger partial charge on any atom is 0.135 e. The number of hydrogen-bond donors (Lipinski definition) is 2. The summed E-state index contributed by atoms with van der Waals surface area (Å²) in [6.45, 7) is 2.95. The fraction of sp³-hybridized carbons (Fsp3) is 0.600. The van der Waals surface area contributed by atoms with Crippen molar-refractivity contribution < 1.29 is 5.11 Å². The Balaban J connectivity index is 1.80. The lowest BCUT2D eigenvalue weighted by Crippen LogP contribution is -2.29. The van der Waals surface area contributed by atoms with E-state index in [1.54, 1.807) is 0 Å². The van der Waals surface area contributed by atoms with E-state index in [4.69, 9.17) is 0 Å². The van der Waals surface area contributed by atoms with Gasteiger partial charge in [-0.05, 0) is 50.7 Å². The zero-order chi connectivity index (χ0) is 13.2. The molecule has 1 aromatic heterocycles. The van der Waals surface area contributed by atoms with E-state index in [9.17, 15) is 5.11 Å². The monoisotopic (exact) mass is 259 g/mol. The van der Waals surface area contributed by atoms with Crippen LogP contribution in [0.15, 0.2) is 17.3 Å². The first kappa shape index (κ1) is 12.6. The molecule has 0 aromatic carbocycles. The molecule has 2 aliphatic rings. The summed E-state index contributed by atoms with van der Waals surface area (Å²) in [4.78, 5) is 9.03. The number of nitrogens with one attached hydrogen (secondary N) is 1. The fourth-order valence-electron chi connectivity index (χ4n) is 3.06. The van der Waals surface area contributed by atoms with Crippen molar-refractivity contribution in [2.75, 3.05) is 11.9 Å². The second-order valence-corrected chi connectivity index (χ2v) is 5.56. The van der Waals surface area contributed by atoms with Crippen molar-refractivity contribution in [3.8, 4) is 0 Å². The van der Waals surface area contributed by atoms with Crippen LogP contribution in [0.3, 0.4) is 0 Å². The van der Waals surface area contributed by atoms with Gasteiger partial charge in [0.2, 0.25) is 0 Å². The van der Waals surface area contributed by atoms with Gasteiger partial charge in [0.15, 0.2) is 0 Å². The number of rotatable bonds is 2. The van der Waals surface area contributed by atoms with Crippen molar-refractivity contribution >= 4 is 11.5 Å². The third-order valence-electron chi connectivity index (χ3n) is 4.17. The number of aliphatic imine (C=N–C) groups is 1. The van der Waals surface area contributed by atoms with E-state index < -0.39 is 0 Å². The van der Waals surface area contributed by atoms with Gasteiger partial charge in [0.1, 0.15) is 5.82 Å². The summed E-state index contributed by atoms with van der Waals surface area (Å²) in [6.07, 6.45) is 6.59. The van der Waals surface area contributed by atoms with Crippen LogP contribution >= 0.6 is 0 Å². The fourth-order valence-corrected chi connectivity index (χ4v) is 3.06. The quantitative estimate of drug-likeness (QED) is 0.855. The van der Waals surface area contributed by atoms with Crippen LogP contribution in [-0.4, -0.2) is 34.5 Å². The Labute approximate surface area is 114 Å². The summed E-state index contributed by atoms with van der Waals surface area (Å²) in [6, 6.07) is 2.53. The van der Waals surface area contributed by atoms with E-state index in [-0.39, 0.29) is 6.10 Å². The molecule has 0 atom stereocenters. The number of nitrogens with zero attached hydrogens (tertiary/aromatic N) is 2. The first-order chi connectivity index (χ1) is 9.24. The average Bonchev–Trinajstić information content (AvgIpc) is 2.42. The molecule has 4 heteroatoms. The van der Waals surface area contributed by atoms with Crippen LogP contribution in [0.25, 0.3) is 0 Å². The first-order valence-electron chi connectivity index (χ1n) is 7.18. The van der Waals surface area contributed by atoms with Crippen LogP contribution in [0, 0.1) is 0 Å². The summed E-state index contributed by atoms with van der Waals surface area (Å²) < 4.78 is 0. The van der Waals surface area contributed by atoms with Crippen molar-refractivity contribution in [1.82, 2.24) is 4.98 Å². The minimum absolute atomic E-state index is 0.112. The number of aliphatic hydroxyl groups excluding tert-OH is 1. The first-order valence-corrected chi connectivity index (χ1v) is 7.18. The van der Waals surface area contributed by atoms with Crippen molar-refractivity contribution in [2.45, 2.75) is 51.2 Å². The minimum atomic E-state index is -0.112. The van der Waals surface area contributed by atoms with Crippen molar-refractivity contribution in [2.24, 2.45) is 4.99 Å². The standard InChI is InChI=1S/C15H21N3O/c1-10-14-11(6-8-16-10)7-9-17-15(14)18-12-2-4-13(19)5-3-12/h7,9,12-13,19H,2-6,8H2,1H3,(H,17,18). The van der Waals surface area contributed by atoms with Crippen LogP contribution in [0.1, 0.15) is 43.7 Å². The summed E-state index contributed by atoms with van der Waals surface area (Å²) in [5, 5.41) is 13.1. The predicted octanol–water partition coefficient (Wildman–Crippen LogP) is 2.16. The lowest BCUT2D eigenvalue weighted by molar-refractivity contribution is 0.126. The maximum absolute atomic E-state index is 9.56. The molecule has 0 spiro atoms.